The number of benzene rings is 2. The Morgan fingerprint density at radius 1 is 1.00 bits per heavy atom. The lowest BCUT2D eigenvalue weighted by Crippen LogP contribution is -2.49. The molecule has 0 unspecified atom stereocenters. The number of nitrogens with one attached hydrogen (secondary N) is 1. The molecule has 6 nitrogen and oxygen atoms in total. The Bertz CT molecular complexity index is 1080. The van der Waals surface area contributed by atoms with Crippen LogP contribution in [0.15, 0.2) is 59.4 Å². The molecule has 4 rings (SSSR count). The molecule has 1 aliphatic heterocycles. The van der Waals surface area contributed by atoms with Gasteiger partial charge in [-0.05, 0) is 32.0 Å². The van der Waals surface area contributed by atoms with Crippen molar-refractivity contribution in [2.75, 3.05) is 31.1 Å². The molecule has 0 spiro atoms. The number of anilines is 1. The van der Waals surface area contributed by atoms with E-state index in [0.29, 0.717) is 37.3 Å². The van der Waals surface area contributed by atoms with E-state index in [1.807, 2.05) is 61.2 Å². The second-order valence-corrected chi connectivity index (χ2v) is 7.51. The average Bonchev–Trinajstić information content (AvgIpc) is 2.73. The number of hydrogen-bond donors (Lipinski definition) is 1. The molecule has 1 fully saturated rings. The minimum Gasteiger partial charge on any atom is -0.489 e. The monoisotopic (exact) mass is 391 g/mol. The first-order chi connectivity index (χ1) is 14.0. The fourth-order valence-electron chi connectivity index (χ4n) is 3.77. The maximum absolute atomic E-state index is 13.2. The van der Waals surface area contributed by atoms with Gasteiger partial charge in [-0.2, -0.15) is 0 Å². The molecule has 29 heavy (non-hydrogen) atoms. The van der Waals surface area contributed by atoms with Crippen LogP contribution in [-0.2, 0) is 0 Å². The molecule has 0 saturated carbocycles. The minimum absolute atomic E-state index is 0.0985. The summed E-state index contributed by atoms with van der Waals surface area (Å²) in [5, 5.41) is 0.773. The first kappa shape index (κ1) is 19.1. The van der Waals surface area contributed by atoms with Gasteiger partial charge in [-0.1, -0.05) is 30.3 Å². The van der Waals surface area contributed by atoms with Gasteiger partial charge in [-0.25, -0.2) is 0 Å². The molecule has 0 bridgehead atoms. The van der Waals surface area contributed by atoms with Crippen LogP contribution in [0, 0.1) is 0 Å². The van der Waals surface area contributed by atoms with E-state index in [-0.39, 0.29) is 17.6 Å². The fourth-order valence-corrected chi connectivity index (χ4v) is 3.77. The Balaban J connectivity index is 1.53. The van der Waals surface area contributed by atoms with Gasteiger partial charge in [-0.15, -0.1) is 0 Å². The van der Waals surface area contributed by atoms with E-state index in [2.05, 4.69) is 16.0 Å². The lowest BCUT2D eigenvalue weighted by molar-refractivity contribution is 0.0748. The van der Waals surface area contributed by atoms with Crippen LogP contribution >= 0.6 is 0 Å². The maximum atomic E-state index is 13.2. The molecular weight excluding hydrogens is 366 g/mol. The van der Waals surface area contributed by atoms with Crippen LogP contribution in [0.3, 0.4) is 0 Å². The highest BCUT2D eigenvalue weighted by Gasteiger charge is 2.25. The zero-order chi connectivity index (χ0) is 20.4. The average molecular weight is 391 g/mol. The van der Waals surface area contributed by atoms with Crippen molar-refractivity contribution in [3.05, 3.63) is 70.5 Å². The zero-order valence-corrected chi connectivity index (χ0v) is 16.7. The van der Waals surface area contributed by atoms with Crippen molar-refractivity contribution in [3.63, 3.8) is 0 Å². The predicted molar refractivity (Wildman–Crippen MR) is 115 cm³/mol. The highest BCUT2D eigenvalue weighted by Crippen LogP contribution is 2.30. The number of H-pyrrole nitrogens is 1. The first-order valence-electron chi connectivity index (χ1n) is 9.95. The fraction of sp³-hybridized carbons (Fsp3) is 0.304. The van der Waals surface area contributed by atoms with Gasteiger partial charge in [0.15, 0.2) is 0 Å². The molecule has 2 aromatic carbocycles. The number of amides is 1. The summed E-state index contributed by atoms with van der Waals surface area (Å²) in [6.45, 7) is 6.64. The molecule has 1 N–H and O–H groups in total. The van der Waals surface area contributed by atoms with E-state index in [4.69, 9.17) is 4.74 Å². The number of hydrogen-bond acceptors (Lipinski definition) is 4. The molecule has 1 amide bonds. The summed E-state index contributed by atoms with van der Waals surface area (Å²) < 4.78 is 5.94. The summed E-state index contributed by atoms with van der Waals surface area (Å²) in [5.74, 6) is 0.765. The highest BCUT2D eigenvalue weighted by molar-refractivity contribution is 6.06. The molecule has 6 heteroatoms. The number of piperazine rings is 1. The van der Waals surface area contributed by atoms with Gasteiger partial charge in [-0.3, -0.25) is 9.59 Å². The number of ether oxygens (including phenoxy) is 1. The molecule has 0 aliphatic carbocycles. The van der Waals surface area contributed by atoms with Crippen LogP contribution < -0.4 is 15.2 Å². The number of rotatable bonds is 4. The lowest BCUT2D eigenvalue weighted by Gasteiger charge is -2.37. The van der Waals surface area contributed by atoms with Gasteiger partial charge in [0.2, 0.25) is 5.56 Å². The number of nitrogens with zero attached hydrogens (tertiary/aromatic N) is 2. The quantitative estimate of drug-likeness (QED) is 0.741. The molecule has 0 atom stereocenters. The van der Waals surface area contributed by atoms with Gasteiger partial charge in [0, 0.05) is 43.1 Å². The zero-order valence-electron chi connectivity index (χ0n) is 16.7. The third-order valence-corrected chi connectivity index (χ3v) is 5.12. The second-order valence-electron chi connectivity index (χ2n) is 7.51. The van der Waals surface area contributed by atoms with Crippen molar-refractivity contribution in [2.45, 2.75) is 20.0 Å². The molecule has 2 heterocycles. The van der Waals surface area contributed by atoms with Crippen molar-refractivity contribution in [1.29, 1.82) is 0 Å². The Labute approximate surface area is 169 Å². The van der Waals surface area contributed by atoms with E-state index in [1.165, 1.54) is 6.07 Å². The Morgan fingerprint density at radius 2 is 1.69 bits per heavy atom. The maximum Gasteiger partial charge on any atom is 0.254 e. The smallest absolute Gasteiger partial charge is 0.254 e. The summed E-state index contributed by atoms with van der Waals surface area (Å²) in [6, 6.07) is 16.8. The van der Waals surface area contributed by atoms with E-state index < -0.39 is 0 Å². The summed E-state index contributed by atoms with van der Waals surface area (Å²) in [4.78, 5) is 32.0. The van der Waals surface area contributed by atoms with Gasteiger partial charge < -0.3 is 19.5 Å². The van der Waals surface area contributed by atoms with Crippen LogP contribution in [0.5, 0.6) is 5.75 Å². The van der Waals surface area contributed by atoms with Crippen molar-refractivity contribution >= 4 is 22.5 Å². The van der Waals surface area contributed by atoms with Crippen LogP contribution in [0.4, 0.5) is 5.69 Å². The van der Waals surface area contributed by atoms with E-state index >= 15 is 0 Å². The topological polar surface area (TPSA) is 65.6 Å². The minimum atomic E-state index is -0.259. The normalized spacial score (nSPS) is 14.4. The number of para-hydroxylation sites is 3. The highest BCUT2D eigenvalue weighted by atomic mass is 16.5. The number of aromatic amines is 1. The van der Waals surface area contributed by atoms with Gasteiger partial charge in [0.05, 0.1) is 17.4 Å². The Hall–Kier alpha value is -3.28. The number of pyridine rings is 1. The standard InChI is InChI=1S/C23H25N3O3/c1-16(2)29-21-10-6-5-9-20(21)25-11-13-26(14-12-25)23(28)18-15-22(27)24-19-8-4-3-7-17(18)19/h3-10,15-16H,11-14H2,1-2H3,(H,24,27). The third-order valence-electron chi connectivity index (χ3n) is 5.12. The van der Waals surface area contributed by atoms with Crippen molar-refractivity contribution in [1.82, 2.24) is 9.88 Å². The van der Waals surface area contributed by atoms with Crippen molar-refractivity contribution < 1.29 is 9.53 Å². The van der Waals surface area contributed by atoms with Crippen LogP contribution in [0.2, 0.25) is 0 Å². The number of aromatic nitrogens is 1. The Morgan fingerprint density at radius 3 is 2.45 bits per heavy atom. The lowest BCUT2D eigenvalue weighted by atomic mass is 10.1. The third kappa shape index (κ3) is 3.97. The SMILES string of the molecule is CC(C)Oc1ccccc1N1CCN(C(=O)c2cc(=O)[nH]c3ccccc23)CC1. The van der Waals surface area contributed by atoms with E-state index in [9.17, 15) is 9.59 Å². The number of fused-ring (bicyclic) bond motifs is 1. The van der Waals surface area contributed by atoms with E-state index in [0.717, 1.165) is 16.8 Å². The summed E-state index contributed by atoms with van der Waals surface area (Å²) >= 11 is 0. The molecule has 1 saturated heterocycles. The molecule has 1 aliphatic rings. The van der Waals surface area contributed by atoms with Gasteiger partial charge in [0.1, 0.15) is 5.75 Å². The molecule has 1 aromatic heterocycles. The van der Waals surface area contributed by atoms with Crippen LogP contribution in [-0.4, -0.2) is 48.1 Å². The summed E-state index contributed by atoms with van der Waals surface area (Å²) in [6.07, 6.45) is 0.100. The molecular formula is C23H25N3O3. The second kappa shape index (κ2) is 7.99. The molecule has 150 valence electrons. The largest absolute Gasteiger partial charge is 0.489 e. The first-order valence-corrected chi connectivity index (χ1v) is 9.95. The predicted octanol–water partition coefficient (Wildman–Crippen LogP) is 3.28. The van der Waals surface area contributed by atoms with Gasteiger partial charge in [0.25, 0.3) is 5.91 Å². The summed E-state index contributed by atoms with van der Waals surface area (Å²) in [5.41, 5.74) is 1.93. The number of carbonyl (C=O) groups is 1. The van der Waals surface area contributed by atoms with Crippen molar-refractivity contribution in [2.24, 2.45) is 0 Å². The van der Waals surface area contributed by atoms with Crippen molar-refractivity contribution in [3.8, 4) is 5.75 Å². The Kier molecular flexibility index (Phi) is 5.25. The molecule has 3 aromatic rings. The van der Waals surface area contributed by atoms with Crippen LogP contribution in [0.25, 0.3) is 10.9 Å². The number of carbonyl (C=O) groups excluding carboxylic acids is 1. The molecule has 0 radical (unpaired) electrons. The van der Waals surface area contributed by atoms with Crippen LogP contribution in [0.1, 0.15) is 24.2 Å². The summed E-state index contributed by atoms with van der Waals surface area (Å²) in [7, 11) is 0. The van der Waals surface area contributed by atoms with E-state index in [1.54, 1.807) is 0 Å². The van der Waals surface area contributed by atoms with Gasteiger partial charge >= 0.3 is 0 Å².